The number of hydrogen-bond donors (Lipinski definition) is 0. The molecule has 0 spiro atoms. The number of hydrogen-bond acceptors (Lipinski definition) is 4. The minimum Gasteiger partial charge on any atom is -0.482 e. The molecule has 128 valence electrons. The standard InChI is InChI=1S/C16H18Cl2N4O2/c1-21-10-19-20-16(21)11-4-6-22(7-5-11)15(23)9-24-14-3-2-12(17)8-13(14)18/h2-3,8,10-11H,4-7,9H2,1H3. The second-order valence-electron chi connectivity index (χ2n) is 5.82. The first kappa shape index (κ1) is 17.0. The molecule has 2 aromatic rings. The molecule has 0 atom stereocenters. The lowest BCUT2D eigenvalue weighted by Gasteiger charge is -2.31. The van der Waals surface area contributed by atoms with Crippen LogP contribution in [0, 0.1) is 0 Å². The number of amides is 1. The zero-order valence-corrected chi connectivity index (χ0v) is 14.8. The van der Waals surface area contributed by atoms with E-state index in [2.05, 4.69) is 10.2 Å². The van der Waals surface area contributed by atoms with Crippen molar-refractivity contribution in [3.8, 4) is 5.75 Å². The normalized spacial score (nSPS) is 15.5. The maximum atomic E-state index is 12.3. The topological polar surface area (TPSA) is 60.2 Å². The van der Waals surface area contributed by atoms with E-state index >= 15 is 0 Å². The largest absolute Gasteiger partial charge is 0.482 e. The van der Waals surface area contributed by atoms with Crippen molar-refractivity contribution in [2.75, 3.05) is 19.7 Å². The molecule has 2 heterocycles. The highest BCUT2D eigenvalue weighted by Crippen LogP contribution is 2.28. The monoisotopic (exact) mass is 368 g/mol. The Morgan fingerprint density at radius 3 is 2.71 bits per heavy atom. The summed E-state index contributed by atoms with van der Waals surface area (Å²) in [5.74, 6) is 1.74. The molecule has 1 aliphatic rings. The van der Waals surface area contributed by atoms with Crippen LogP contribution in [0.5, 0.6) is 5.75 Å². The molecule has 1 amide bonds. The Kier molecular flexibility index (Phi) is 5.26. The van der Waals surface area contributed by atoms with Gasteiger partial charge in [-0.3, -0.25) is 4.79 Å². The average molecular weight is 369 g/mol. The molecular weight excluding hydrogens is 351 g/mol. The summed E-state index contributed by atoms with van der Waals surface area (Å²) in [4.78, 5) is 14.1. The van der Waals surface area contributed by atoms with Crippen molar-refractivity contribution >= 4 is 29.1 Å². The first-order valence-corrected chi connectivity index (χ1v) is 8.49. The fourth-order valence-corrected chi connectivity index (χ4v) is 3.33. The summed E-state index contributed by atoms with van der Waals surface area (Å²) >= 11 is 11.9. The van der Waals surface area contributed by atoms with Gasteiger partial charge in [-0.25, -0.2) is 0 Å². The predicted octanol–water partition coefficient (Wildman–Crippen LogP) is 2.91. The molecule has 8 heteroatoms. The van der Waals surface area contributed by atoms with E-state index in [1.165, 1.54) is 0 Å². The Bertz CT molecular complexity index is 727. The van der Waals surface area contributed by atoms with Crippen LogP contribution in [0.1, 0.15) is 24.6 Å². The van der Waals surface area contributed by atoms with Gasteiger partial charge in [-0.2, -0.15) is 0 Å². The molecule has 1 saturated heterocycles. The molecule has 1 fully saturated rings. The van der Waals surface area contributed by atoms with Gasteiger partial charge < -0.3 is 14.2 Å². The number of aryl methyl sites for hydroxylation is 1. The number of halogens is 2. The van der Waals surface area contributed by atoms with Crippen LogP contribution in [0.3, 0.4) is 0 Å². The van der Waals surface area contributed by atoms with E-state index in [-0.39, 0.29) is 12.5 Å². The predicted molar refractivity (Wildman–Crippen MR) is 91.5 cm³/mol. The molecular formula is C16H18Cl2N4O2. The molecule has 1 aromatic carbocycles. The molecule has 0 N–H and O–H groups in total. The molecule has 24 heavy (non-hydrogen) atoms. The fourth-order valence-electron chi connectivity index (χ4n) is 2.87. The highest BCUT2D eigenvalue weighted by atomic mass is 35.5. The molecule has 0 bridgehead atoms. The number of aromatic nitrogens is 3. The van der Waals surface area contributed by atoms with Crippen LogP contribution in [0.25, 0.3) is 0 Å². The lowest BCUT2D eigenvalue weighted by Crippen LogP contribution is -2.40. The summed E-state index contributed by atoms with van der Waals surface area (Å²) in [7, 11) is 1.94. The van der Waals surface area contributed by atoms with Gasteiger partial charge in [0.15, 0.2) is 6.61 Å². The number of benzene rings is 1. The first-order chi connectivity index (χ1) is 11.5. The lowest BCUT2D eigenvalue weighted by atomic mass is 9.96. The number of piperidine rings is 1. The lowest BCUT2D eigenvalue weighted by molar-refractivity contribution is -0.134. The van der Waals surface area contributed by atoms with Gasteiger partial charge in [0.05, 0.1) is 5.02 Å². The van der Waals surface area contributed by atoms with Crippen molar-refractivity contribution < 1.29 is 9.53 Å². The molecule has 0 saturated carbocycles. The Morgan fingerprint density at radius 1 is 1.33 bits per heavy atom. The number of rotatable bonds is 4. The van der Waals surface area contributed by atoms with E-state index in [9.17, 15) is 4.79 Å². The van der Waals surface area contributed by atoms with Gasteiger partial charge in [0.1, 0.15) is 17.9 Å². The molecule has 1 aromatic heterocycles. The van der Waals surface area contributed by atoms with Crippen LogP contribution in [0.2, 0.25) is 10.0 Å². The van der Waals surface area contributed by atoms with Crippen molar-refractivity contribution in [2.24, 2.45) is 7.05 Å². The smallest absolute Gasteiger partial charge is 0.260 e. The third-order valence-electron chi connectivity index (χ3n) is 4.20. The van der Waals surface area contributed by atoms with E-state index in [0.29, 0.717) is 34.8 Å². The minimum atomic E-state index is -0.0440. The van der Waals surface area contributed by atoms with Crippen molar-refractivity contribution in [3.63, 3.8) is 0 Å². The van der Waals surface area contributed by atoms with Crippen molar-refractivity contribution in [1.29, 1.82) is 0 Å². The van der Waals surface area contributed by atoms with Crippen LogP contribution in [-0.2, 0) is 11.8 Å². The van der Waals surface area contributed by atoms with Crippen LogP contribution in [-0.4, -0.2) is 45.3 Å². The number of ether oxygens (including phenoxy) is 1. The summed E-state index contributed by atoms with van der Waals surface area (Å²) in [5.41, 5.74) is 0. The Morgan fingerprint density at radius 2 is 2.08 bits per heavy atom. The molecule has 1 aliphatic heterocycles. The van der Waals surface area contributed by atoms with Gasteiger partial charge in [-0.1, -0.05) is 23.2 Å². The second-order valence-corrected chi connectivity index (χ2v) is 6.66. The van der Waals surface area contributed by atoms with Gasteiger partial charge in [0.25, 0.3) is 5.91 Å². The van der Waals surface area contributed by atoms with Crippen molar-refractivity contribution in [3.05, 3.63) is 40.4 Å². The quantitative estimate of drug-likeness (QED) is 0.832. The van der Waals surface area contributed by atoms with E-state index in [4.69, 9.17) is 27.9 Å². The van der Waals surface area contributed by atoms with Gasteiger partial charge in [-0.15, -0.1) is 10.2 Å². The average Bonchev–Trinajstić information content (AvgIpc) is 3.00. The van der Waals surface area contributed by atoms with Gasteiger partial charge >= 0.3 is 0 Å². The fraction of sp³-hybridized carbons (Fsp3) is 0.438. The Hall–Kier alpha value is -1.79. The number of nitrogens with zero attached hydrogens (tertiary/aromatic N) is 4. The summed E-state index contributed by atoms with van der Waals surface area (Å²) in [5, 5.41) is 9.01. The summed E-state index contributed by atoms with van der Waals surface area (Å²) in [6.45, 7) is 1.35. The highest BCUT2D eigenvalue weighted by Gasteiger charge is 2.26. The van der Waals surface area contributed by atoms with Crippen LogP contribution in [0.15, 0.2) is 24.5 Å². The molecule has 6 nitrogen and oxygen atoms in total. The third-order valence-corrected chi connectivity index (χ3v) is 4.73. The summed E-state index contributed by atoms with van der Waals surface area (Å²) in [6, 6.07) is 4.94. The maximum absolute atomic E-state index is 12.3. The Balaban J connectivity index is 1.51. The van der Waals surface area contributed by atoms with Crippen LogP contribution < -0.4 is 4.74 Å². The zero-order chi connectivity index (χ0) is 17.1. The zero-order valence-electron chi connectivity index (χ0n) is 13.3. The third kappa shape index (κ3) is 3.82. The van der Waals surface area contributed by atoms with Gasteiger partial charge in [0.2, 0.25) is 0 Å². The SMILES string of the molecule is Cn1cnnc1C1CCN(C(=O)COc2ccc(Cl)cc2Cl)CC1. The summed E-state index contributed by atoms with van der Waals surface area (Å²) in [6.07, 6.45) is 3.45. The minimum absolute atomic E-state index is 0.0318. The van der Waals surface area contributed by atoms with E-state index in [1.54, 1.807) is 24.5 Å². The van der Waals surface area contributed by atoms with E-state index < -0.39 is 0 Å². The molecule has 3 rings (SSSR count). The Labute approximate surface area is 150 Å². The van der Waals surface area contributed by atoms with Gasteiger partial charge in [-0.05, 0) is 31.0 Å². The molecule has 0 radical (unpaired) electrons. The molecule has 0 aliphatic carbocycles. The van der Waals surface area contributed by atoms with Crippen molar-refractivity contribution in [2.45, 2.75) is 18.8 Å². The number of carbonyl (C=O) groups is 1. The van der Waals surface area contributed by atoms with Gasteiger partial charge in [0, 0.05) is 31.1 Å². The maximum Gasteiger partial charge on any atom is 0.260 e. The highest BCUT2D eigenvalue weighted by molar-refractivity contribution is 6.35. The van der Waals surface area contributed by atoms with Crippen LogP contribution in [0.4, 0.5) is 0 Å². The van der Waals surface area contributed by atoms with Crippen molar-refractivity contribution in [1.82, 2.24) is 19.7 Å². The number of likely N-dealkylation sites (tertiary alicyclic amines) is 1. The summed E-state index contributed by atoms with van der Waals surface area (Å²) < 4.78 is 7.46. The van der Waals surface area contributed by atoms with Crippen LogP contribution >= 0.6 is 23.2 Å². The van der Waals surface area contributed by atoms with E-state index in [0.717, 1.165) is 18.7 Å². The van der Waals surface area contributed by atoms with E-state index in [1.807, 2.05) is 16.5 Å². The first-order valence-electron chi connectivity index (χ1n) is 7.74. The molecule has 0 unspecified atom stereocenters. The number of carbonyl (C=O) groups excluding carboxylic acids is 1. The second kappa shape index (κ2) is 7.40.